The van der Waals surface area contributed by atoms with E-state index in [1.54, 1.807) is 0 Å². The van der Waals surface area contributed by atoms with Crippen LogP contribution in [-0.2, 0) is 0 Å². The van der Waals surface area contributed by atoms with E-state index in [1.807, 2.05) is 12.3 Å². The molecule has 0 bridgehead atoms. The summed E-state index contributed by atoms with van der Waals surface area (Å²) in [7, 11) is 0. The Morgan fingerprint density at radius 3 is 3.43 bits per heavy atom. The molecule has 0 unspecified atom stereocenters. The molecule has 0 aromatic heterocycles. The van der Waals surface area contributed by atoms with E-state index in [9.17, 15) is 0 Å². The highest BCUT2D eigenvalue weighted by Gasteiger charge is 1.82. The number of nitrogens with zero attached hydrogens (tertiary/aromatic N) is 1. The molecule has 0 aliphatic carbocycles. The Labute approximate surface area is 43.8 Å². The molecule has 0 N–H and O–H groups in total. The van der Waals surface area contributed by atoms with Crippen molar-refractivity contribution in [3.05, 3.63) is 18.6 Å². The van der Waals surface area contributed by atoms with Crippen molar-refractivity contribution in [1.29, 1.82) is 0 Å². The van der Waals surface area contributed by atoms with Crippen LogP contribution in [0.3, 0.4) is 0 Å². The minimum Gasteiger partial charge on any atom is -0.293 e. The first-order chi connectivity index (χ1) is 3.50. The fourth-order valence-electron chi connectivity index (χ4n) is 0.506. The maximum atomic E-state index is 4.00. The zero-order valence-electron chi connectivity index (χ0n) is 4.17. The van der Waals surface area contributed by atoms with Gasteiger partial charge in [0, 0.05) is 12.8 Å². The molecule has 1 heteroatoms. The summed E-state index contributed by atoms with van der Waals surface area (Å²) in [5, 5.41) is 0. The summed E-state index contributed by atoms with van der Waals surface area (Å²) < 4.78 is 0. The van der Waals surface area contributed by atoms with Gasteiger partial charge in [0.25, 0.3) is 0 Å². The van der Waals surface area contributed by atoms with Gasteiger partial charge in [0.2, 0.25) is 0 Å². The van der Waals surface area contributed by atoms with E-state index in [4.69, 9.17) is 0 Å². The highest BCUT2D eigenvalue weighted by Crippen LogP contribution is 1.91. The van der Waals surface area contributed by atoms with E-state index in [-0.39, 0.29) is 0 Å². The Morgan fingerprint density at radius 2 is 2.43 bits per heavy atom. The molecule has 0 atom stereocenters. The molecule has 1 nitrogen and oxygen atoms in total. The molecule has 0 spiro atoms. The second-order valence-corrected chi connectivity index (χ2v) is 1.47. The van der Waals surface area contributed by atoms with E-state index in [0.717, 1.165) is 13.0 Å². The molecule has 37 valence electrons. The maximum Gasteiger partial charge on any atom is 0.0423 e. The summed E-state index contributed by atoms with van der Waals surface area (Å²) in [5.74, 6) is 0. The lowest BCUT2D eigenvalue weighted by Gasteiger charge is -1.81. The van der Waals surface area contributed by atoms with E-state index in [1.165, 1.54) is 0 Å². The predicted octanol–water partition coefficient (Wildman–Crippen LogP) is 1.22. The van der Waals surface area contributed by atoms with Crippen LogP contribution in [0.1, 0.15) is 6.42 Å². The third-order valence-corrected chi connectivity index (χ3v) is 0.865. The van der Waals surface area contributed by atoms with Gasteiger partial charge in [0.15, 0.2) is 0 Å². The van der Waals surface area contributed by atoms with Gasteiger partial charge in [-0.1, -0.05) is 6.08 Å². The molecule has 1 aliphatic heterocycles. The van der Waals surface area contributed by atoms with Gasteiger partial charge in [0.05, 0.1) is 0 Å². The van der Waals surface area contributed by atoms with Gasteiger partial charge in [0.1, 0.15) is 0 Å². The summed E-state index contributed by atoms with van der Waals surface area (Å²) in [6, 6.07) is 0. The Kier molecular flexibility index (Phi) is 1.67. The predicted molar refractivity (Wildman–Crippen MR) is 31.4 cm³/mol. The summed E-state index contributed by atoms with van der Waals surface area (Å²) >= 11 is 0. The summed E-state index contributed by atoms with van der Waals surface area (Å²) in [6.45, 7) is 0.882. The van der Waals surface area contributed by atoms with Crippen molar-refractivity contribution in [2.24, 2.45) is 4.99 Å². The summed E-state index contributed by atoms with van der Waals surface area (Å²) in [5.41, 5.74) is 0. The van der Waals surface area contributed by atoms with Crippen molar-refractivity contribution in [2.45, 2.75) is 6.42 Å². The lowest BCUT2D eigenvalue weighted by Crippen LogP contribution is -1.75. The molecule has 0 saturated heterocycles. The van der Waals surface area contributed by atoms with Crippen molar-refractivity contribution >= 4 is 6.21 Å². The molecule has 0 fully saturated rings. The zero-order valence-corrected chi connectivity index (χ0v) is 4.17. The van der Waals surface area contributed by atoms with Gasteiger partial charge < -0.3 is 0 Å². The van der Waals surface area contributed by atoms with Gasteiger partial charge in [-0.05, 0) is 18.9 Å². The van der Waals surface area contributed by atoms with E-state index in [0.29, 0.717) is 0 Å². The number of aliphatic imine (C=N–C) groups is 1. The fourth-order valence-corrected chi connectivity index (χ4v) is 0.506. The number of rotatable bonds is 0. The van der Waals surface area contributed by atoms with Gasteiger partial charge in [-0.3, -0.25) is 4.99 Å². The Balaban J connectivity index is 2.39. The van der Waals surface area contributed by atoms with Crippen LogP contribution < -0.4 is 0 Å². The SMILES string of the molecule is [CH]1CC=CC=NC1. The van der Waals surface area contributed by atoms with Gasteiger partial charge >= 0.3 is 0 Å². The highest BCUT2D eigenvalue weighted by molar-refractivity contribution is 5.71. The zero-order chi connectivity index (χ0) is 4.95. The van der Waals surface area contributed by atoms with Crippen LogP contribution in [0, 0.1) is 6.42 Å². The van der Waals surface area contributed by atoms with Crippen LogP contribution in [-0.4, -0.2) is 12.8 Å². The van der Waals surface area contributed by atoms with Crippen LogP contribution >= 0.6 is 0 Å². The standard InChI is InChI=1S/C6H8N/c1-2-4-6-7-5-3-1/h1,3-5H,2,6H2. The minimum atomic E-state index is 0.882. The van der Waals surface area contributed by atoms with E-state index < -0.39 is 0 Å². The van der Waals surface area contributed by atoms with Crippen molar-refractivity contribution in [2.75, 3.05) is 6.54 Å². The summed E-state index contributed by atoms with van der Waals surface area (Å²) in [4.78, 5) is 4.00. The first-order valence-corrected chi connectivity index (χ1v) is 2.47. The van der Waals surface area contributed by atoms with Crippen molar-refractivity contribution < 1.29 is 0 Å². The number of allylic oxidation sites excluding steroid dienone is 2. The molecule has 7 heavy (non-hydrogen) atoms. The molecule has 1 aliphatic rings. The molecule has 1 radical (unpaired) electrons. The Bertz CT molecular complexity index is 80.4. The lowest BCUT2D eigenvalue weighted by molar-refractivity contribution is 1.08. The van der Waals surface area contributed by atoms with Gasteiger partial charge in [-0.15, -0.1) is 0 Å². The van der Waals surface area contributed by atoms with Crippen LogP contribution in [0.5, 0.6) is 0 Å². The third-order valence-electron chi connectivity index (χ3n) is 0.865. The second kappa shape index (κ2) is 2.56. The third kappa shape index (κ3) is 1.53. The van der Waals surface area contributed by atoms with Crippen molar-refractivity contribution in [3.63, 3.8) is 0 Å². The average Bonchev–Trinajstić information content (AvgIpc) is 1.90. The number of hydrogen-bond acceptors (Lipinski definition) is 1. The summed E-state index contributed by atoms with van der Waals surface area (Å²) in [6.07, 6.45) is 9.11. The highest BCUT2D eigenvalue weighted by atomic mass is 14.7. The lowest BCUT2D eigenvalue weighted by atomic mass is 10.3. The first-order valence-electron chi connectivity index (χ1n) is 2.47. The Morgan fingerprint density at radius 1 is 1.43 bits per heavy atom. The fraction of sp³-hybridized carbons (Fsp3) is 0.333. The number of hydrogen-bond donors (Lipinski definition) is 0. The van der Waals surface area contributed by atoms with E-state index >= 15 is 0 Å². The van der Waals surface area contributed by atoms with Gasteiger partial charge in [-0.25, -0.2) is 0 Å². The molecule has 0 saturated carbocycles. The monoisotopic (exact) mass is 94.1 g/mol. The first kappa shape index (κ1) is 4.57. The molecule has 1 rings (SSSR count). The molecular weight excluding hydrogens is 86.1 g/mol. The molecular formula is C6H8N. The van der Waals surface area contributed by atoms with Crippen LogP contribution in [0.2, 0.25) is 0 Å². The topological polar surface area (TPSA) is 12.4 Å². The molecule has 0 amide bonds. The van der Waals surface area contributed by atoms with Crippen LogP contribution in [0.15, 0.2) is 17.1 Å². The molecule has 1 heterocycles. The van der Waals surface area contributed by atoms with Crippen molar-refractivity contribution in [1.82, 2.24) is 0 Å². The minimum absolute atomic E-state index is 0.882. The average molecular weight is 94.1 g/mol. The normalized spacial score (nSPS) is 19.4. The van der Waals surface area contributed by atoms with Crippen LogP contribution in [0.25, 0.3) is 0 Å². The largest absolute Gasteiger partial charge is 0.293 e. The smallest absolute Gasteiger partial charge is 0.0423 e. The van der Waals surface area contributed by atoms with Crippen LogP contribution in [0.4, 0.5) is 0 Å². The second-order valence-electron chi connectivity index (χ2n) is 1.47. The molecule has 0 aromatic carbocycles. The van der Waals surface area contributed by atoms with Crippen molar-refractivity contribution in [3.8, 4) is 0 Å². The Hall–Kier alpha value is -0.590. The van der Waals surface area contributed by atoms with E-state index in [2.05, 4.69) is 17.5 Å². The molecule has 0 aromatic rings. The van der Waals surface area contributed by atoms with Gasteiger partial charge in [-0.2, -0.15) is 0 Å². The maximum absolute atomic E-state index is 4.00. The quantitative estimate of drug-likeness (QED) is 0.428.